The lowest BCUT2D eigenvalue weighted by Crippen LogP contribution is -2.19. The highest BCUT2D eigenvalue weighted by molar-refractivity contribution is 9.10. The van der Waals surface area contributed by atoms with Crippen molar-refractivity contribution in [2.75, 3.05) is 29.2 Å². The van der Waals surface area contributed by atoms with Crippen LogP contribution in [0.25, 0.3) is 0 Å². The third kappa shape index (κ3) is 5.12. The molecular formula is C11H19BrN4S. The highest BCUT2D eigenvalue weighted by atomic mass is 79.9. The highest BCUT2D eigenvalue weighted by Crippen LogP contribution is 2.21. The minimum absolute atomic E-state index is 0.384. The monoisotopic (exact) mass is 318 g/mol. The van der Waals surface area contributed by atoms with Crippen molar-refractivity contribution in [3.05, 3.63) is 10.7 Å². The van der Waals surface area contributed by atoms with Crippen LogP contribution in [0.15, 0.2) is 10.7 Å². The predicted octanol–water partition coefficient (Wildman–Crippen LogP) is 3.22. The summed E-state index contributed by atoms with van der Waals surface area (Å²) in [6.07, 6.45) is 4.94. The summed E-state index contributed by atoms with van der Waals surface area (Å²) in [4.78, 5) is 8.66. The second-order valence-corrected chi connectivity index (χ2v) is 5.58. The zero-order chi connectivity index (χ0) is 12.7. The molecule has 0 spiro atoms. The van der Waals surface area contributed by atoms with E-state index in [1.165, 1.54) is 0 Å². The van der Waals surface area contributed by atoms with Crippen molar-refractivity contribution < 1.29 is 0 Å². The Morgan fingerprint density at radius 1 is 1.53 bits per heavy atom. The maximum atomic E-state index is 4.44. The van der Waals surface area contributed by atoms with Gasteiger partial charge in [-0.1, -0.05) is 6.92 Å². The number of nitrogens with zero attached hydrogens (tertiary/aromatic N) is 2. The number of hydrogen-bond acceptors (Lipinski definition) is 5. The Hall–Kier alpha value is -0.490. The van der Waals surface area contributed by atoms with Gasteiger partial charge in [-0.3, -0.25) is 0 Å². The van der Waals surface area contributed by atoms with Crippen molar-refractivity contribution in [1.29, 1.82) is 0 Å². The predicted molar refractivity (Wildman–Crippen MR) is 80.0 cm³/mol. The lowest BCUT2D eigenvalue weighted by atomic mass is 10.4. The van der Waals surface area contributed by atoms with Crippen LogP contribution < -0.4 is 10.6 Å². The molecular weight excluding hydrogens is 300 g/mol. The fourth-order valence-corrected chi connectivity index (χ4v) is 2.20. The maximum absolute atomic E-state index is 4.44. The molecule has 1 aromatic rings. The van der Waals surface area contributed by atoms with E-state index >= 15 is 0 Å². The van der Waals surface area contributed by atoms with E-state index in [-0.39, 0.29) is 0 Å². The normalized spacial score (nSPS) is 12.2. The molecule has 6 heteroatoms. The van der Waals surface area contributed by atoms with Gasteiger partial charge in [-0.2, -0.15) is 16.7 Å². The zero-order valence-electron chi connectivity index (χ0n) is 10.5. The van der Waals surface area contributed by atoms with Gasteiger partial charge in [0.1, 0.15) is 5.82 Å². The quantitative estimate of drug-likeness (QED) is 0.808. The van der Waals surface area contributed by atoms with Crippen molar-refractivity contribution in [1.82, 2.24) is 9.97 Å². The largest absolute Gasteiger partial charge is 0.366 e. The van der Waals surface area contributed by atoms with E-state index in [1.54, 1.807) is 6.20 Å². The number of aromatic nitrogens is 2. The molecule has 0 fully saturated rings. The summed E-state index contributed by atoms with van der Waals surface area (Å²) in [6.45, 7) is 5.15. The van der Waals surface area contributed by atoms with E-state index in [9.17, 15) is 0 Å². The van der Waals surface area contributed by atoms with Crippen LogP contribution in [0.1, 0.15) is 20.3 Å². The van der Waals surface area contributed by atoms with Gasteiger partial charge >= 0.3 is 0 Å². The summed E-state index contributed by atoms with van der Waals surface area (Å²) in [6, 6.07) is 0.384. The molecule has 1 heterocycles. The molecule has 0 saturated heterocycles. The Kier molecular flexibility index (Phi) is 6.65. The number of hydrogen-bond donors (Lipinski definition) is 2. The zero-order valence-corrected chi connectivity index (χ0v) is 12.9. The minimum atomic E-state index is 0.384. The summed E-state index contributed by atoms with van der Waals surface area (Å²) in [5.74, 6) is 2.57. The number of nitrogens with one attached hydrogen (secondary N) is 2. The van der Waals surface area contributed by atoms with Gasteiger partial charge in [0.05, 0.1) is 4.47 Å². The van der Waals surface area contributed by atoms with E-state index in [2.05, 4.69) is 56.6 Å². The van der Waals surface area contributed by atoms with Crippen LogP contribution in [-0.2, 0) is 0 Å². The smallest absolute Gasteiger partial charge is 0.224 e. The van der Waals surface area contributed by atoms with Crippen LogP contribution >= 0.6 is 27.7 Å². The Balaban J connectivity index is 2.68. The number of anilines is 2. The van der Waals surface area contributed by atoms with Gasteiger partial charge in [-0.25, -0.2) is 4.98 Å². The van der Waals surface area contributed by atoms with Gasteiger partial charge in [0, 0.05) is 24.5 Å². The molecule has 2 N–H and O–H groups in total. The maximum Gasteiger partial charge on any atom is 0.224 e. The topological polar surface area (TPSA) is 49.8 Å². The molecule has 0 aliphatic heterocycles. The molecule has 17 heavy (non-hydrogen) atoms. The first-order valence-electron chi connectivity index (χ1n) is 5.69. The molecule has 1 unspecified atom stereocenters. The van der Waals surface area contributed by atoms with Crippen molar-refractivity contribution in [3.8, 4) is 0 Å². The molecule has 0 aromatic carbocycles. The SMILES string of the molecule is CCCNc1ncc(Br)c(NC(C)CSC)n1. The molecule has 1 atom stereocenters. The van der Waals surface area contributed by atoms with Gasteiger partial charge in [0.25, 0.3) is 0 Å². The van der Waals surface area contributed by atoms with Gasteiger partial charge in [-0.05, 0) is 35.5 Å². The molecule has 0 bridgehead atoms. The second-order valence-electron chi connectivity index (χ2n) is 3.82. The molecule has 0 saturated carbocycles. The van der Waals surface area contributed by atoms with E-state index < -0.39 is 0 Å². The molecule has 0 radical (unpaired) electrons. The Morgan fingerprint density at radius 3 is 2.94 bits per heavy atom. The van der Waals surface area contributed by atoms with Crippen molar-refractivity contribution in [2.45, 2.75) is 26.3 Å². The first-order valence-corrected chi connectivity index (χ1v) is 7.88. The number of rotatable bonds is 7. The molecule has 0 aliphatic carbocycles. The third-order valence-corrected chi connectivity index (χ3v) is 3.49. The van der Waals surface area contributed by atoms with E-state index in [0.717, 1.165) is 29.0 Å². The molecule has 96 valence electrons. The summed E-state index contributed by atoms with van der Waals surface area (Å²) in [5, 5.41) is 6.55. The minimum Gasteiger partial charge on any atom is -0.366 e. The first kappa shape index (κ1) is 14.6. The lowest BCUT2D eigenvalue weighted by molar-refractivity contribution is 0.893. The van der Waals surface area contributed by atoms with Crippen molar-refractivity contribution in [3.63, 3.8) is 0 Å². The van der Waals surface area contributed by atoms with E-state index in [4.69, 9.17) is 0 Å². The van der Waals surface area contributed by atoms with Crippen LogP contribution in [0.3, 0.4) is 0 Å². The van der Waals surface area contributed by atoms with Crippen molar-refractivity contribution >= 4 is 39.5 Å². The van der Waals surface area contributed by atoms with Crippen LogP contribution in [-0.4, -0.2) is 34.6 Å². The molecule has 1 aromatic heterocycles. The molecule has 0 aliphatic rings. The Morgan fingerprint density at radius 2 is 2.29 bits per heavy atom. The summed E-state index contributed by atoms with van der Waals surface area (Å²) < 4.78 is 0.896. The Bertz CT molecular complexity index is 348. The van der Waals surface area contributed by atoms with Crippen LogP contribution in [0, 0.1) is 0 Å². The summed E-state index contributed by atoms with van der Waals surface area (Å²) >= 11 is 5.27. The number of halogens is 1. The fourth-order valence-electron chi connectivity index (χ4n) is 1.32. The first-order chi connectivity index (χ1) is 8.17. The third-order valence-electron chi connectivity index (χ3n) is 2.08. The summed E-state index contributed by atoms with van der Waals surface area (Å²) in [7, 11) is 0. The Labute approximate surface area is 116 Å². The van der Waals surface area contributed by atoms with Gasteiger partial charge in [0.15, 0.2) is 0 Å². The van der Waals surface area contributed by atoms with Gasteiger partial charge in [0.2, 0.25) is 5.95 Å². The van der Waals surface area contributed by atoms with E-state index in [0.29, 0.717) is 12.0 Å². The summed E-state index contributed by atoms with van der Waals surface area (Å²) in [5.41, 5.74) is 0. The highest BCUT2D eigenvalue weighted by Gasteiger charge is 2.07. The number of thioether (sulfide) groups is 1. The molecule has 1 rings (SSSR count). The van der Waals surface area contributed by atoms with Gasteiger partial charge in [-0.15, -0.1) is 0 Å². The fraction of sp³-hybridized carbons (Fsp3) is 0.636. The average molecular weight is 319 g/mol. The lowest BCUT2D eigenvalue weighted by Gasteiger charge is -2.15. The van der Waals surface area contributed by atoms with Gasteiger partial charge < -0.3 is 10.6 Å². The standard InChI is InChI=1S/C11H19BrN4S/c1-4-5-13-11-14-6-9(12)10(16-11)15-8(2)7-17-3/h6,8H,4-5,7H2,1-3H3,(H2,13,14,15,16). The van der Waals surface area contributed by atoms with Crippen LogP contribution in [0.2, 0.25) is 0 Å². The second kappa shape index (κ2) is 7.76. The average Bonchev–Trinajstić information content (AvgIpc) is 2.30. The molecule has 4 nitrogen and oxygen atoms in total. The van der Waals surface area contributed by atoms with Crippen LogP contribution in [0.5, 0.6) is 0 Å². The van der Waals surface area contributed by atoms with Crippen molar-refractivity contribution in [2.24, 2.45) is 0 Å². The molecule has 0 amide bonds. The van der Waals surface area contributed by atoms with Crippen LogP contribution in [0.4, 0.5) is 11.8 Å². The van der Waals surface area contributed by atoms with E-state index in [1.807, 2.05) is 11.8 Å².